The average molecular weight is 329 g/mol. The molecule has 0 aliphatic rings. The number of benzene rings is 1. The van der Waals surface area contributed by atoms with Gasteiger partial charge in [-0.25, -0.2) is 0 Å². The predicted octanol–water partition coefficient (Wildman–Crippen LogP) is 3.52. The first-order chi connectivity index (χ1) is 9.60. The smallest absolute Gasteiger partial charge is 0.208 e. The predicted molar refractivity (Wildman–Crippen MR) is 87.2 cm³/mol. The fourth-order valence-corrected chi connectivity index (χ4v) is 3.61. The van der Waals surface area contributed by atoms with Gasteiger partial charge < -0.3 is 10.2 Å². The van der Waals surface area contributed by atoms with E-state index in [4.69, 9.17) is 11.6 Å². The van der Waals surface area contributed by atoms with E-state index in [2.05, 4.69) is 34.6 Å². The van der Waals surface area contributed by atoms with Crippen LogP contribution in [0.2, 0.25) is 5.02 Å². The number of rotatable bonds is 6. The first-order valence-corrected chi connectivity index (χ1v) is 8.29. The van der Waals surface area contributed by atoms with Crippen molar-refractivity contribution in [1.82, 2.24) is 15.5 Å². The molecular weight excluding hydrogens is 312 g/mol. The van der Waals surface area contributed by atoms with Gasteiger partial charge in [-0.05, 0) is 24.2 Å². The Balaban J connectivity index is 2.07. The van der Waals surface area contributed by atoms with Gasteiger partial charge in [0.15, 0.2) is 4.34 Å². The molecular formula is C13H17ClN4S2. The number of hydrogen-bond acceptors (Lipinski definition) is 6. The quantitative estimate of drug-likeness (QED) is 0.878. The molecule has 0 aliphatic carbocycles. The van der Waals surface area contributed by atoms with Gasteiger partial charge in [-0.1, -0.05) is 47.7 Å². The van der Waals surface area contributed by atoms with Crippen molar-refractivity contribution in [2.24, 2.45) is 0 Å². The van der Waals surface area contributed by atoms with Crippen molar-refractivity contribution in [1.29, 1.82) is 0 Å². The van der Waals surface area contributed by atoms with E-state index in [0.717, 1.165) is 38.0 Å². The maximum atomic E-state index is 6.29. The van der Waals surface area contributed by atoms with Crippen molar-refractivity contribution in [3.63, 3.8) is 0 Å². The van der Waals surface area contributed by atoms with Gasteiger partial charge in [0.2, 0.25) is 5.13 Å². The Morgan fingerprint density at radius 3 is 2.75 bits per heavy atom. The molecule has 1 N–H and O–H groups in total. The van der Waals surface area contributed by atoms with Crippen LogP contribution in [0.3, 0.4) is 0 Å². The highest BCUT2D eigenvalue weighted by Gasteiger charge is 2.09. The summed E-state index contributed by atoms with van der Waals surface area (Å²) in [7, 11) is 3.92. The third-order valence-electron chi connectivity index (χ3n) is 2.57. The monoisotopic (exact) mass is 328 g/mol. The van der Waals surface area contributed by atoms with Crippen molar-refractivity contribution in [2.45, 2.75) is 22.7 Å². The molecule has 20 heavy (non-hydrogen) atoms. The molecule has 0 amide bonds. The first-order valence-electron chi connectivity index (χ1n) is 6.28. The van der Waals surface area contributed by atoms with Crippen LogP contribution in [0.25, 0.3) is 0 Å². The molecule has 4 nitrogen and oxygen atoms in total. The van der Waals surface area contributed by atoms with Gasteiger partial charge in [-0.15, -0.1) is 10.2 Å². The molecule has 1 aromatic heterocycles. The normalized spacial score (nSPS) is 10.8. The minimum atomic E-state index is 0.785. The summed E-state index contributed by atoms with van der Waals surface area (Å²) < 4.78 is 0.921. The largest absolute Gasteiger partial charge is 0.353 e. The zero-order valence-electron chi connectivity index (χ0n) is 11.7. The highest BCUT2D eigenvalue weighted by molar-refractivity contribution is 8.01. The second-order valence-corrected chi connectivity index (χ2v) is 7.06. The maximum absolute atomic E-state index is 6.29. The molecule has 2 aromatic rings. The summed E-state index contributed by atoms with van der Waals surface area (Å²) in [5.41, 5.74) is 1.11. The minimum absolute atomic E-state index is 0.785. The van der Waals surface area contributed by atoms with E-state index in [1.54, 1.807) is 23.1 Å². The third kappa shape index (κ3) is 4.09. The highest BCUT2D eigenvalue weighted by atomic mass is 35.5. The van der Waals surface area contributed by atoms with Gasteiger partial charge in [0.25, 0.3) is 0 Å². The zero-order valence-corrected chi connectivity index (χ0v) is 14.1. The molecule has 0 unspecified atom stereocenters. The lowest BCUT2D eigenvalue weighted by atomic mass is 10.2. The maximum Gasteiger partial charge on any atom is 0.208 e. The van der Waals surface area contributed by atoms with E-state index in [0.29, 0.717) is 0 Å². The fraction of sp³-hybridized carbons (Fsp3) is 0.385. The van der Waals surface area contributed by atoms with Crippen LogP contribution < -0.4 is 10.2 Å². The Bertz CT molecular complexity index is 571. The van der Waals surface area contributed by atoms with Crippen LogP contribution in [0.15, 0.2) is 27.4 Å². The molecule has 0 fully saturated rings. The van der Waals surface area contributed by atoms with Crippen LogP contribution in [0.5, 0.6) is 0 Å². The number of nitrogens with one attached hydrogen (secondary N) is 1. The summed E-state index contributed by atoms with van der Waals surface area (Å²) >= 11 is 9.45. The standard InChI is InChI=1S/C13H17ClN4S2/c1-4-15-8-9-5-6-10(7-11(9)14)19-13-17-16-12(20-13)18(2)3/h5-7,15H,4,8H2,1-3H3. The fourth-order valence-electron chi connectivity index (χ4n) is 1.52. The SMILES string of the molecule is CCNCc1ccc(Sc2nnc(N(C)C)s2)cc1Cl. The minimum Gasteiger partial charge on any atom is -0.353 e. The van der Waals surface area contributed by atoms with Crippen LogP contribution in [-0.4, -0.2) is 30.8 Å². The van der Waals surface area contributed by atoms with E-state index >= 15 is 0 Å². The highest BCUT2D eigenvalue weighted by Crippen LogP contribution is 2.34. The number of nitrogens with zero attached hydrogens (tertiary/aromatic N) is 3. The molecule has 0 spiro atoms. The van der Waals surface area contributed by atoms with E-state index in [-0.39, 0.29) is 0 Å². The number of anilines is 1. The van der Waals surface area contributed by atoms with Crippen molar-refractivity contribution in [2.75, 3.05) is 25.5 Å². The molecule has 0 saturated heterocycles. The van der Waals surface area contributed by atoms with Crippen LogP contribution in [0.4, 0.5) is 5.13 Å². The Labute approximate surface area is 132 Å². The number of halogens is 1. The molecule has 7 heteroatoms. The molecule has 0 bridgehead atoms. The summed E-state index contributed by atoms with van der Waals surface area (Å²) in [6, 6.07) is 6.11. The van der Waals surface area contributed by atoms with E-state index in [1.165, 1.54) is 0 Å². The second kappa shape index (κ2) is 7.26. The van der Waals surface area contributed by atoms with Crippen LogP contribution in [0.1, 0.15) is 12.5 Å². The van der Waals surface area contributed by atoms with Gasteiger partial charge in [0.1, 0.15) is 0 Å². The van der Waals surface area contributed by atoms with Gasteiger partial charge in [-0.3, -0.25) is 0 Å². The van der Waals surface area contributed by atoms with Crippen LogP contribution in [0, 0.1) is 0 Å². The van der Waals surface area contributed by atoms with Crippen LogP contribution >= 0.6 is 34.7 Å². The van der Waals surface area contributed by atoms with E-state index < -0.39 is 0 Å². The topological polar surface area (TPSA) is 41.1 Å². The molecule has 0 saturated carbocycles. The summed E-state index contributed by atoms with van der Waals surface area (Å²) in [6.45, 7) is 3.81. The van der Waals surface area contributed by atoms with Crippen molar-refractivity contribution >= 4 is 39.8 Å². The summed E-state index contributed by atoms with van der Waals surface area (Å²) in [6.07, 6.45) is 0. The lowest BCUT2D eigenvalue weighted by Gasteiger charge is -2.06. The third-order valence-corrected chi connectivity index (χ3v) is 5.06. The average Bonchev–Trinajstić information content (AvgIpc) is 2.86. The molecule has 0 aliphatic heterocycles. The van der Waals surface area contributed by atoms with Gasteiger partial charge in [-0.2, -0.15) is 0 Å². The lowest BCUT2D eigenvalue weighted by molar-refractivity contribution is 0.726. The molecule has 2 rings (SSSR count). The van der Waals surface area contributed by atoms with Crippen molar-refractivity contribution in [3.8, 4) is 0 Å². The van der Waals surface area contributed by atoms with E-state index in [9.17, 15) is 0 Å². The summed E-state index contributed by atoms with van der Waals surface area (Å²) in [5, 5.41) is 13.3. The molecule has 108 valence electrons. The zero-order chi connectivity index (χ0) is 14.5. The molecule has 1 aromatic carbocycles. The summed E-state index contributed by atoms with van der Waals surface area (Å²) in [5.74, 6) is 0. The van der Waals surface area contributed by atoms with Gasteiger partial charge >= 0.3 is 0 Å². The summed E-state index contributed by atoms with van der Waals surface area (Å²) in [4.78, 5) is 3.03. The van der Waals surface area contributed by atoms with Gasteiger partial charge in [0.05, 0.1) is 0 Å². The Hall–Kier alpha value is -0.820. The van der Waals surface area contributed by atoms with Crippen LogP contribution in [-0.2, 0) is 6.54 Å². The van der Waals surface area contributed by atoms with Gasteiger partial charge in [0, 0.05) is 30.6 Å². The van der Waals surface area contributed by atoms with Crippen molar-refractivity contribution < 1.29 is 0 Å². The van der Waals surface area contributed by atoms with E-state index in [1.807, 2.05) is 25.1 Å². The van der Waals surface area contributed by atoms with Crippen molar-refractivity contribution in [3.05, 3.63) is 28.8 Å². The molecule has 1 heterocycles. The lowest BCUT2D eigenvalue weighted by Crippen LogP contribution is -2.11. The molecule has 0 atom stereocenters. The number of hydrogen-bond donors (Lipinski definition) is 1. The first kappa shape index (κ1) is 15.6. The Morgan fingerprint density at radius 2 is 2.15 bits per heavy atom. The molecule has 0 radical (unpaired) electrons. The Kier molecular flexibility index (Phi) is 5.65. The number of aromatic nitrogens is 2. The second-order valence-electron chi connectivity index (χ2n) is 4.38. The Morgan fingerprint density at radius 1 is 1.35 bits per heavy atom.